The first-order valence-electron chi connectivity index (χ1n) is 8.61. The SMILES string of the molecule is COc1cc([N+](=O)[O-])cc(/C=N\n2cnc3sc4c(c3c2=O)CCCC4)c1O. The largest absolute Gasteiger partial charge is 0.504 e. The van der Waals surface area contributed by atoms with Gasteiger partial charge in [0.1, 0.15) is 11.2 Å². The molecule has 0 saturated carbocycles. The minimum Gasteiger partial charge on any atom is -0.504 e. The lowest BCUT2D eigenvalue weighted by molar-refractivity contribution is -0.385. The predicted octanol–water partition coefficient (Wildman–Crippen LogP) is 2.84. The molecule has 2 aromatic heterocycles. The van der Waals surface area contributed by atoms with E-state index in [4.69, 9.17) is 4.74 Å². The molecule has 4 rings (SSSR count). The van der Waals surface area contributed by atoms with Crippen LogP contribution in [0.4, 0.5) is 5.69 Å². The number of benzene rings is 1. The van der Waals surface area contributed by atoms with Crippen LogP contribution in [0.1, 0.15) is 28.8 Å². The molecule has 10 heteroatoms. The van der Waals surface area contributed by atoms with Gasteiger partial charge in [-0.2, -0.15) is 9.78 Å². The van der Waals surface area contributed by atoms with Gasteiger partial charge in [-0.15, -0.1) is 11.3 Å². The summed E-state index contributed by atoms with van der Waals surface area (Å²) >= 11 is 1.54. The van der Waals surface area contributed by atoms with Crippen LogP contribution in [0.15, 0.2) is 28.4 Å². The minimum atomic E-state index is -0.600. The Morgan fingerprint density at radius 2 is 2.18 bits per heavy atom. The molecular formula is C18H16N4O5S. The molecule has 0 aliphatic heterocycles. The molecule has 28 heavy (non-hydrogen) atoms. The van der Waals surface area contributed by atoms with Crippen LogP contribution in [-0.2, 0) is 12.8 Å². The van der Waals surface area contributed by atoms with Gasteiger partial charge in [-0.3, -0.25) is 14.9 Å². The number of phenols is 1. The van der Waals surface area contributed by atoms with Crippen molar-refractivity contribution >= 4 is 33.5 Å². The molecule has 0 radical (unpaired) electrons. The van der Waals surface area contributed by atoms with Gasteiger partial charge in [0.05, 0.1) is 29.7 Å². The van der Waals surface area contributed by atoms with Crippen LogP contribution >= 0.6 is 11.3 Å². The molecule has 9 nitrogen and oxygen atoms in total. The van der Waals surface area contributed by atoms with E-state index in [-0.39, 0.29) is 28.3 Å². The molecule has 2 heterocycles. The average molecular weight is 400 g/mol. The summed E-state index contributed by atoms with van der Waals surface area (Å²) in [6.45, 7) is 0. The molecule has 0 bridgehead atoms. The summed E-state index contributed by atoms with van der Waals surface area (Å²) in [4.78, 5) is 29.6. The van der Waals surface area contributed by atoms with Crippen molar-refractivity contribution in [2.24, 2.45) is 5.10 Å². The quantitative estimate of drug-likeness (QED) is 0.408. The standard InChI is InChI=1S/C18H16N4O5S/c1-27-13-7-11(22(25)26)6-10(16(13)23)8-20-21-9-19-17-15(18(21)24)12-4-2-3-5-14(12)28-17/h6-9,23H,2-5H2,1H3/b20-8-. The lowest BCUT2D eigenvalue weighted by Gasteiger charge is -2.09. The monoisotopic (exact) mass is 400 g/mol. The summed E-state index contributed by atoms with van der Waals surface area (Å²) in [5.41, 5.74) is 0.556. The van der Waals surface area contributed by atoms with Crippen LogP contribution in [-0.4, -0.2) is 33.0 Å². The van der Waals surface area contributed by atoms with Gasteiger partial charge >= 0.3 is 0 Å². The predicted molar refractivity (Wildman–Crippen MR) is 105 cm³/mol. The van der Waals surface area contributed by atoms with Crippen molar-refractivity contribution < 1.29 is 14.8 Å². The fraction of sp³-hybridized carbons (Fsp3) is 0.278. The van der Waals surface area contributed by atoms with Crippen molar-refractivity contribution in [2.75, 3.05) is 7.11 Å². The van der Waals surface area contributed by atoms with E-state index >= 15 is 0 Å². The smallest absolute Gasteiger partial charge is 0.282 e. The number of nitro benzene ring substituents is 1. The van der Waals surface area contributed by atoms with Gasteiger partial charge in [-0.05, 0) is 31.2 Å². The van der Waals surface area contributed by atoms with Crippen molar-refractivity contribution in [1.29, 1.82) is 0 Å². The molecule has 0 amide bonds. The number of aromatic hydroxyl groups is 1. The zero-order chi connectivity index (χ0) is 19.8. The number of nitro groups is 1. The lowest BCUT2D eigenvalue weighted by Crippen LogP contribution is -2.18. The summed E-state index contributed by atoms with van der Waals surface area (Å²) in [6, 6.07) is 2.27. The maximum absolute atomic E-state index is 12.9. The van der Waals surface area contributed by atoms with E-state index in [0.29, 0.717) is 10.2 Å². The van der Waals surface area contributed by atoms with Crippen molar-refractivity contribution in [3.63, 3.8) is 0 Å². The van der Waals surface area contributed by atoms with E-state index in [2.05, 4.69) is 10.1 Å². The topological polar surface area (TPSA) is 120 Å². The number of aromatic nitrogens is 2. The molecule has 1 aromatic carbocycles. The van der Waals surface area contributed by atoms with Crippen LogP contribution in [0, 0.1) is 10.1 Å². The summed E-state index contributed by atoms with van der Waals surface area (Å²) < 4.78 is 6.04. The van der Waals surface area contributed by atoms with Gasteiger partial charge in [0.2, 0.25) is 0 Å². The molecule has 0 spiro atoms. The summed E-state index contributed by atoms with van der Waals surface area (Å²) in [5, 5.41) is 25.9. The summed E-state index contributed by atoms with van der Waals surface area (Å²) in [6.07, 6.45) is 6.45. The number of aryl methyl sites for hydroxylation is 2. The molecule has 0 saturated heterocycles. The second kappa shape index (κ2) is 7.04. The number of rotatable bonds is 4. The third kappa shape index (κ3) is 3.01. The maximum atomic E-state index is 12.9. The van der Waals surface area contributed by atoms with Gasteiger partial charge in [0.25, 0.3) is 11.2 Å². The Bertz CT molecular complexity index is 1180. The number of ether oxygens (including phenoxy) is 1. The second-order valence-corrected chi connectivity index (χ2v) is 7.46. The Morgan fingerprint density at radius 1 is 1.39 bits per heavy atom. The van der Waals surface area contributed by atoms with Gasteiger partial charge in [0.15, 0.2) is 11.5 Å². The number of fused-ring (bicyclic) bond motifs is 3. The summed E-state index contributed by atoms with van der Waals surface area (Å²) in [5.74, 6) is -0.352. The molecule has 0 fully saturated rings. The first-order chi connectivity index (χ1) is 13.5. The average Bonchev–Trinajstić information content (AvgIpc) is 3.07. The number of phenolic OH excluding ortho intramolecular Hbond substituents is 1. The Hall–Kier alpha value is -3.27. The highest BCUT2D eigenvalue weighted by Crippen LogP contribution is 2.34. The van der Waals surface area contributed by atoms with E-state index in [1.165, 1.54) is 24.5 Å². The van der Waals surface area contributed by atoms with Crippen molar-refractivity contribution in [1.82, 2.24) is 9.66 Å². The van der Waals surface area contributed by atoms with Crippen molar-refractivity contribution in [3.05, 3.63) is 54.9 Å². The Kier molecular flexibility index (Phi) is 4.55. The third-order valence-electron chi connectivity index (χ3n) is 4.70. The van der Waals surface area contributed by atoms with E-state index in [0.717, 1.165) is 48.1 Å². The Morgan fingerprint density at radius 3 is 2.93 bits per heavy atom. The van der Waals surface area contributed by atoms with E-state index in [1.807, 2.05) is 0 Å². The molecule has 3 aromatic rings. The van der Waals surface area contributed by atoms with Crippen LogP contribution in [0.2, 0.25) is 0 Å². The number of thiophene rings is 1. The fourth-order valence-electron chi connectivity index (χ4n) is 3.32. The minimum absolute atomic E-state index is 0.0523. The molecule has 0 unspecified atom stereocenters. The maximum Gasteiger partial charge on any atom is 0.282 e. The normalized spacial score (nSPS) is 13.8. The third-order valence-corrected chi connectivity index (χ3v) is 5.90. The van der Waals surface area contributed by atoms with Gasteiger partial charge < -0.3 is 9.84 Å². The van der Waals surface area contributed by atoms with Crippen molar-refractivity contribution in [3.8, 4) is 11.5 Å². The van der Waals surface area contributed by atoms with E-state index < -0.39 is 4.92 Å². The highest BCUT2D eigenvalue weighted by molar-refractivity contribution is 7.18. The molecule has 0 atom stereocenters. The van der Waals surface area contributed by atoms with Crippen LogP contribution in [0.25, 0.3) is 10.2 Å². The molecule has 1 aliphatic carbocycles. The van der Waals surface area contributed by atoms with E-state index in [1.54, 1.807) is 11.3 Å². The fourth-order valence-corrected chi connectivity index (χ4v) is 4.54. The van der Waals surface area contributed by atoms with Gasteiger partial charge in [0, 0.05) is 16.5 Å². The van der Waals surface area contributed by atoms with Crippen molar-refractivity contribution in [2.45, 2.75) is 25.7 Å². The first-order valence-corrected chi connectivity index (χ1v) is 9.43. The first kappa shape index (κ1) is 18.1. The number of nitrogens with zero attached hydrogens (tertiary/aromatic N) is 4. The van der Waals surface area contributed by atoms with Crippen LogP contribution in [0.3, 0.4) is 0 Å². The number of hydrogen-bond donors (Lipinski definition) is 1. The molecule has 1 N–H and O–H groups in total. The second-order valence-electron chi connectivity index (χ2n) is 6.37. The highest BCUT2D eigenvalue weighted by atomic mass is 32.1. The molecule has 1 aliphatic rings. The zero-order valence-electron chi connectivity index (χ0n) is 14.9. The molecular weight excluding hydrogens is 384 g/mol. The lowest BCUT2D eigenvalue weighted by atomic mass is 9.97. The number of non-ortho nitro benzene ring substituents is 1. The Labute approximate surface area is 162 Å². The van der Waals surface area contributed by atoms with Gasteiger partial charge in [-0.25, -0.2) is 4.98 Å². The number of methoxy groups -OCH3 is 1. The molecule has 144 valence electrons. The van der Waals surface area contributed by atoms with E-state index in [9.17, 15) is 20.0 Å². The summed E-state index contributed by atoms with van der Waals surface area (Å²) in [7, 11) is 1.29. The Balaban J connectivity index is 1.79. The van der Waals surface area contributed by atoms with Gasteiger partial charge in [-0.1, -0.05) is 0 Å². The highest BCUT2D eigenvalue weighted by Gasteiger charge is 2.20. The van der Waals surface area contributed by atoms with Crippen LogP contribution < -0.4 is 10.3 Å². The zero-order valence-corrected chi connectivity index (χ0v) is 15.7. The van der Waals surface area contributed by atoms with Crippen LogP contribution in [0.5, 0.6) is 11.5 Å². The number of hydrogen-bond acceptors (Lipinski definition) is 8.